The maximum Gasteiger partial charge on any atom is 0.270 e. The second-order valence-corrected chi connectivity index (χ2v) is 9.60. The lowest BCUT2D eigenvalue weighted by atomic mass is 10.0. The molecule has 0 fully saturated rings. The van der Waals surface area contributed by atoms with Crippen LogP contribution in [0.4, 0.5) is 5.69 Å². The molecule has 0 aliphatic heterocycles. The highest BCUT2D eigenvalue weighted by molar-refractivity contribution is 7.76. The van der Waals surface area contributed by atoms with Gasteiger partial charge in [-0.25, -0.2) is 0 Å². The number of hydrogen-bond acceptors (Lipinski definition) is 3. The van der Waals surface area contributed by atoms with Crippen molar-refractivity contribution in [3.8, 4) is 0 Å². The monoisotopic (exact) mass is 426 g/mol. The molecule has 0 saturated heterocycles. The molecule has 2 atom stereocenters. The molecule has 0 saturated carbocycles. The van der Waals surface area contributed by atoms with Crippen molar-refractivity contribution in [2.75, 3.05) is 0 Å². The molecular weight excluding hydrogens is 403 g/mol. The first-order valence-electron chi connectivity index (χ1n) is 10.2. The Kier molecular flexibility index (Phi) is 6.49. The second-order valence-electron chi connectivity index (χ2n) is 7.38. The van der Waals surface area contributed by atoms with E-state index in [0.717, 1.165) is 5.56 Å². The quantitative estimate of drug-likeness (QED) is 0.214. The molecule has 0 spiro atoms. The summed E-state index contributed by atoms with van der Waals surface area (Å²) >= 11 is 0. The Hall–Kier alpha value is -3.36. The van der Waals surface area contributed by atoms with Gasteiger partial charge in [0.2, 0.25) is 0 Å². The summed E-state index contributed by atoms with van der Waals surface area (Å²) in [7, 11) is -0.667. The van der Waals surface area contributed by atoms with Gasteiger partial charge in [-0.1, -0.05) is 91.0 Å². The van der Waals surface area contributed by atoms with Gasteiger partial charge >= 0.3 is 0 Å². The van der Waals surface area contributed by atoms with Crippen LogP contribution >= 0.6 is 7.92 Å². The van der Waals surface area contributed by atoms with Crippen LogP contribution < -0.4 is 10.6 Å². The summed E-state index contributed by atoms with van der Waals surface area (Å²) in [6.07, 6.45) is 8.32. The number of nitro benzene ring substituents is 1. The second kappa shape index (κ2) is 9.63. The maximum absolute atomic E-state index is 11.0. The van der Waals surface area contributed by atoms with E-state index in [2.05, 4.69) is 73.7 Å². The third-order valence-corrected chi connectivity index (χ3v) is 7.87. The molecule has 5 heteroatoms. The Morgan fingerprint density at radius 3 is 2.23 bits per heavy atom. The van der Waals surface area contributed by atoms with Gasteiger partial charge in [0.15, 0.2) is 0 Å². The number of non-ortho nitro benzene ring substituents is 1. The molecular formula is C26H23N2O2P. The number of nitro groups is 1. The van der Waals surface area contributed by atoms with Gasteiger partial charge in [-0.15, -0.1) is 0 Å². The number of benzene rings is 3. The van der Waals surface area contributed by atoms with Crippen LogP contribution in [0.25, 0.3) is 0 Å². The van der Waals surface area contributed by atoms with E-state index < -0.39 is 7.92 Å². The molecule has 1 unspecified atom stereocenters. The van der Waals surface area contributed by atoms with Crippen molar-refractivity contribution >= 4 is 30.4 Å². The topological polar surface area (TPSA) is 55.5 Å². The normalized spacial score (nSPS) is 16.6. The number of nitrogens with zero attached hydrogens (tertiary/aromatic N) is 2. The molecule has 0 N–H and O–H groups in total. The summed E-state index contributed by atoms with van der Waals surface area (Å²) < 4.78 is 0. The number of aliphatic imine (C=N–C) groups is 1. The SMILES string of the molecule is C[C@@H](N=Cc1cccc([N+](=O)[O-])c1)C1C=CC=C1P(c1ccccc1)c1ccccc1. The minimum Gasteiger partial charge on any atom is -0.289 e. The minimum atomic E-state index is -0.667. The highest BCUT2D eigenvalue weighted by atomic mass is 31.1. The third-order valence-electron chi connectivity index (χ3n) is 5.27. The Labute approximate surface area is 183 Å². The van der Waals surface area contributed by atoms with Crippen LogP contribution in [0.1, 0.15) is 12.5 Å². The van der Waals surface area contributed by atoms with Crippen LogP contribution in [-0.2, 0) is 0 Å². The lowest BCUT2D eigenvalue weighted by Gasteiger charge is -2.27. The Balaban J connectivity index is 1.61. The summed E-state index contributed by atoms with van der Waals surface area (Å²) in [6.45, 7) is 2.10. The predicted octanol–water partition coefficient (Wildman–Crippen LogP) is 5.61. The first kappa shape index (κ1) is 20.9. The molecule has 4 nitrogen and oxygen atoms in total. The van der Waals surface area contributed by atoms with Crippen molar-refractivity contribution in [1.29, 1.82) is 0 Å². The predicted molar refractivity (Wildman–Crippen MR) is 130 cm³/mol. The Morgan fingerprint density at radius 1 is 0.968 bits per heavy atom. The van der Waals surface area contributed by atoms with Crippen LogP contribution in [0.15, 0.2) is 113 Å². The zero-order valence-electron chi connectivity index (χ0n) is 17.2. The van der Waals surface area contributed by atoms with Gasteiger partial charge in [0.05, 0.1) is 11.0 Å². The van der Waals surface area contributed by atoms with Crippen LogP contribution in [0.5, 0.6) is 0 Å². The summed E-state index contributed by atoms with van der Waals surface area (Å²) in [4.78, 5) is 15.4. The van der Waals surface area contributed by atoms with Gasteiger partial charge in [-0.3, -0.25) is 15.1 Å². The number of hydrogen-bond donors (Lipinski definition) is 0. The molecule has 1 aliphatic carbocycles. The van der Waals surface area contributed by atoms with Gasteiger partial charge in [0.25, 0.3) is 5.69 Å². The van der Waals surface area contributed by atoms with E-state index in [1.165, 1.54) is 22.0 Å². The molecule has 0 bridgehead atoms. The molecule has 0 amide bonds. The van der Waals surface area contributed by atoms with Gasteiger partial charge in [-0.05, 0) is 36.3 Å². The van der Waals surface area contributed by atoms with E-state index in [1.807, 2.05) is 18.2 Å². The molecule has 0 heterocycles. The largest absolute Gasteiger partial charge is 0.289 e. The summed E-state index contributed by atoms with van der Waals surface area (Å²) in [5.74, 6) is 0.182. The fraction of sp³-hybridized carbons (Fsp3) is 0.115. The molecule has 154 valence electrons. The van der Waals surface area contributed by atoms with Crippen LogP contribution in [0.2, 0.25) is 0 Å². The number of rotatable bonds is 7. The summed E-state index contributed by atoms with van der Waals surface area (Å²) in [5.41, 5.74) is 0.816. The molecule has 3 aromatic rings. The van der Waals surface area contributed by atoms with E-state index in [1.54, 1.807) is 18.3 Å². The van der Waals surface area contributed by atoms with Crippen LogP contribution in [0.3, 0.4) is 0 Å². The van der Waals surface area contributed by atoms with Gasteiger partial charge in [-0.2, -0.15) is 0 Å². The number of allylic oxidation sites excluding steroid dienone is 2. The van der Waals surface area contributed by atoms with Crippen molar-refractivity contribution in [2.45, 2.75) is 13.0 Å². The average molecular weight is 426 g/mol. The first-order valence-corrected chi connectivity index (χ1v) is 11.5. The van der Waals surface area contributed by atoms with E-state index in [4.69, 9.17) is 4.99 Å². The van der Waals surface area contributed by atoms with E-state index >= 15 is 0 Å². The molecule has 1 aliphatic rings. The lowest BCUT2D eigenvalue weighted by Crippen LogP contribution is -2.20. The van der Waals surface area contributed by atoms with E-state index in [9.17, 15) is 10.1 Å². The standard InChI is InChI=1S/C26H23N2O2P/c1-20(27-19-21-10-8-11-22(18-21)28(29)30)25-16-9-17-26(25)31(23-12-4-2-5-13-23)24-14-6-3-7-15-24/h2-20,25H,1H3/t20-,25?/m1/s1. The van der Waals surface area contributed by atoms with E-state index in [-0.39, 0.29) is 22.6 Å². The van der Waals surface area contributed by atoms with Crippen molar-refractivity contribution in [1.82, 2.24) is 0 Å². The smallest absolute Gasteiger partial charge is 0.270 e. The summed E-state index contributed by atoms with van der Waals surface area (Å²) in [6, 6.07) is 27.9. The van der Waals surface area contributed by atoms with Crippen LogP contribution in [-0.4, -0.2) is 17.2 Å². The molecule has 0 radical (unpaired) electrons. The average Bonchev–Trinajstić information content (AvgIpc) is 3.29. The van der Waals surface area contributed by atoms with Gasteiger partial charge in [0.1, 0.15) is 0 Å². The van der Waals surface area contributed by atoms with Gasteiger partial charge < -0.3 is 0 Å². The fourth-order valence-electron chi connectivity index (χ4n) is 3.73. The van der Waals surface area contributed by atoms with E-state index in [0.29, 0.717) is 0 Å². The fourth-order valence-corrected chi connectivity index (χ4v) is 6.40. The molecule has 4 rings (SSSR count). The zero-order chi connectivity index (χ0) is 21.6. The van der Waals surface area contributed by atoms with Crippen LogP contribution in [0, 0.1) is 16.0 Å². The van der Waals surface area contributed by atoms with Gasteiger partial charge in [0, 0.05) is 24.3 Å². The Morgan fingerprint density at radius 2 is 1.61 bits per heavy atom. The summed E-state index contributed by atoms with van der Waals surface area (Å²) in [5, 5.41) is 15.0. The lowest BCUT2D eigenvalue weighted by molar-refractivity contribution is -0.384. The minimum absolute atomic E-state index is 0.0155. The zero-order valence-corrected chi connectivity index (χ0v) is 18.1. The van der Waals surface area contributed by atoms with Crippen molar-refractivity contribution in [3.63, 3.8) is 0 Å². The Bertz CT molecular complexity index is 1100. The molecule has 3 aromatic carbocycles. The van der Waals surface area contributed by atoms with Crippen molar-refractivity contribution < 1.29 is 4.92 Å². The highest BCUT2D eigenvalue weighted by Gasteiger charge is 2.29. The van der Waals surface area contributed by atoms with Crippen molar-refractivity contribution in [3.05, 3.63) is 124 Å². The highest BCUT2D eigenvalue weighted by Crippen LogP contribution is 2.50. The first-order chi connectivity index (χ1) is 15.1. The third kappa shape index (κ3) is 4.87. The molecule has 31 heavy (non-hydrogen) atoms. The van der Waals surface area contributed by atoms with Crippen molar-refractivity contribution in [2.24, 2.45) is 10.9 Å². The molecule has 0 aromatic heterocycles. The maximum atomic E-state index is 11.0.